The Kier molecular flexibility index (Phi) is 6.18. The Morgan fingerprint density at radius 2 is 2.38 bits per heavy atom. The van der Waals surface area contributed by atoms with E-state index >= 15 is 0 Å². The van der Waals surface area contributed by atoms with Crippen LogP contribution in [-0.2, 0) is 4.79 Å². The van der Waals surface area contributed by atoms with Crippen LogP contribution in [0.2, 0.25) is 0 Å². The molecule has 0 amide bonds. The standard InChI is InChI=1S/C17H26N2O2/c1-2-3-9-16(17(20)21)19-15-8-4-6-13(11-15)14-7-5-10-18-12-14/h5,7,10,12-13,15-16,19H,2-4,6,8-9,11H2,1H3,(H,20,21)/t13?,15?,16-/m0/s1. The van der Waals surface area contributed by atoms with Gasteiger partial charge in [0.1, 0.15) is 6.04 Å². The minimum atomic E-state index is -0.716. The number of unbranched alkanes of at least 4 members (excludes halogenated alkanes) is 1. The van der Waals surface area contributed by atoms with Crippen LogP contribution in [0.25, 0.3) is 0 Å². The Hall–Kier alpha value is -1.42. The molecule has 0 radical (unpaired) electrons. The molecule has 1 saturated carbocycles. The molecule has 0 saturated heterocycles. The molecule has 2 N–H and O–H groups in total. The lowest BCUT2D eigenvalue weighted by atomic mass is 9.81. The SMILES string of the molecule is CCCC[C@H](NC1CCCC(c2cccnc2)C1)C(=O)O. The third kappa shape index (κ3) is 4.81. The predicted octanol–water partition coefficient (Wildman–Crippen LogP) is 3.34. The number of hydrogen-bond donors (Lipinski definition) is 2. The molecule has 1 heterocycles. The normalized spacial score (nSPS) is 23.7. The van der Waals surface area contributed by atoms with Gasteiger partial charge in [0.25, 0.3) is 0 Å². The summed E-state index contributed by atoms with van der Waals surface area (Å²) in [5.74, 6) is -0.211. The van der Waals surface area contributed by atoms with Crippen LogP contribution in [0.3, 0.4) is 0 Å². The maximum Gasteiger partial charge on any atom is 0.320 e. The van der Waals surface area contributed by atoms with Crippen molar-refractivity contribution in [3.63, 3.8) is 0 Å². The fourth-order valence-electron chi connectivity index (χ4n) is 3.23. The summed E-state index contributed by atoms with van der Waals surface area (Å²) < 4.78 is 0. The minimum absolute atomic E-state index is 0.307. The topological polar surface area (TPSA) is 62.2 Å². The summed E-state index contributed by atoms with van der Waals surface area (Å²) in [5, 5.41) is 12.7. The number of aromatic nitrogens is 1. The third-order valence-electron chi connectivity index (χ3n) is 4.41. The van der Waals surface area contributed by atoms with Crippen LogP contribution < -0.4 is 5.32 Å². The molecule has 1 aromatic rings. The fourth-order valence-corrected chi connectivity index (χ4v) is 3.23. The molecule has 0 aromatic carbocycles. The average molecular weight is 290 g/mol. The molecule has 116 valence electrons. The van der Waals surface area contributed by atoms with Crippen molar-refractivity contribution in [2.45, 2.75) is 69.9 Å². The van der Waals surface area contributed by atoms with Crippen LogP contribution >= 0.6 is 0 Å². The van der Waals surface area contributed by atoms with E-state index in [2.05, 4.69) is 23.3 Å². The molecule has 2 unspecified atom stereocenters. The minimum Gasteiger partial charge on any atom is -0.480 e. The maximum absolute atomic E-state index is 11.4. The lowest BCUT2D eigenvalue weighted by Gasteiger charge is -2.32. The fraction of sp³-hybridized carbons (Fsp3) is 0.647. The van der Waals surface area contributed by atoms with Crippen LogP contribution in [0.1, 0.15) is 63.4 Å². The van der Waals surface area contributed by atoms with Crippen molar-refractivity contribution in [1.82, 2.24) is 10.3 Å². The Morgan fingerprint density at radius 1 is 1.52 bits per heavy atom. The zero-order valence-corrected chi connectivity index (χ0v) is 12.8. The molecule has 21 heavy (non-hydrogen) atoms. The monoisotopic (exact) mass is 290 g/mol. The Morgan fingerprint density at radius 3 is 3.05 bits per heavy atom. The molecular weight excluding hydrogens is 264 g/mol. The highest BCUT2D eigenvalue weighted by molar-refractivity contribution is 5.73. The van der Waals surface area contributed by atoms with Gasteiger partial charge in [0.05, 0.1) is 0 Å². The van der Waals surface area contributed by atoms with Crippen LogP contribution in [0.4, 0.5) is 0 Å². The van der Waals surface area contributed by atoms with E-state index in [9.17, 15) is 9.90 Å². The van der Waals surface area contributed by atoms with Gasteiger partial charge in [-0.3, -0.25) is 9.78 Å². The van der Waals surface area contributed by atoms with Crippen molar-refractivity contribution >= 4 is 5.97 Å². The molecular formula is C17H26N2O2. The highest BCUT2D eigenvalue weighted by Gasteiger charge is 2.27. The average Bonchev–Trinajstić information content (AvgIpc) is 2.52. The van der Waals surface area contributed by atoms with Gasteiger partial charge < -0.3 is 10.4 Å². The maximum atomic E-state index is 11.4. The van der Waals surface area contributed by atoms with Crippen LogP contribution in [0.15, 0.2) is 24.5 Å². The van der Waals surface area contributed by atoms with Crippen molar-refractivity contribution in [3.05, 3.63) is 30.1 Å². The van der Waals surface area contributed by atoms with E-state index in [0.717, 1.165) is 38.5 Å². The number of carboxylic acids is 1. The zero-order chi connectivity index (χ0) is 15.1. The first-order valence-corrected chi connectivity index (χ1v) is 8.09. The zero-order valence-electron chi connectivity index (χ0n) is 12.8. The predicted molar refractivity (Wildman–Crippen MR) is 83.3 cm³/mol. The van der Waals surface area contributed by atoms with E-state index in [4.69, 9.17) is 0 Å². The Balaban J connectivity index is 1.92. The highest BCUT2D eigenvalue weighted by atomic mass is 16.4. The summed E-state index contributed by atoms with van der Waals surface area (Å²) in [6.45, 7) is 2.10. The van der Waals surface area contributed by atoms with Gasteiger partial charge in [-0.15, -0.1) is 0 Å². The first kappa shape index (κ1) is 16.0. The Labute approximate surface area is 127 Å². The largest absolute Gasteiger partial charge is 0.480 e. The van der Waals surface area contributed by atoms with Crippen LogP contribution in [-0.4, -0.2) is 28.1 Å². The molecule has 3 atom stereocenters. The number of nitrogens with zero attached hydrogens (tertiary/aromatic N) is 1. The molecule has 0 spiro atoms. The molecule has 0 aliphatic heterocycles. The van der Waals surface area contributed by atoms with Crippen LogP contribution in [0, 0.1) is 0 Å². The molecule has 0 bridgehead atoms. The van der Waals surface area contributed by atoms with Gasteiger partial charge in [0.15, 0.2) is 0 Å². The van der Waals surface area contributed by atoms with Crippen LogP contribution in [0.5, 0.6) is 0 Å². The third-order valence-corrected chi connectivity index (χ3v) is 4.41. The summed E-state index contributed by atoms with van der Waals surface area (Å²) in [7, 11) is 0. The number of rotatable bonds is 7. The second kappa shape index (κ2) is 8.13. The van der Waals surface area contributed by atoms with E-state index < -0.39 is 12.0 Å². The summed E-state index contributed by atoms with van der Waals surface area (Å²) in [5.41, 5.74) is 1.28. The van der Waals surface area contributed by atoms with Gasteiger partial charge in [0, 0.05) is 18.4 Å². The molecule has 4 nitrogen and oxygen atoms in total. The van der Waals surface area contributed by atoms with E-state index in [-0.39, 0.29) is 0 Å². The van der Waals surface area contributed by atoms with Gasteiger partial charge in [-0.05, 0) is 43.2 Å². The number of aliphatic carboxylic acids is 1. The first-order chi connectivity index (χ1) is 10.2. The lowest BCUT2D eigenvalue weighted by Crippen LogP contribution is -2.45. The molecule has 1 aliphatic carbocycles. The van der Waals surface area contributed by atoms with Gasteiger partial charge in [-0.1, -0.05) is 32.3 Å². The first-order valence-electron chi connectivity index (χ1n) is 8.09. The van der Waals surface area contributed by atoms with E-state index in [1.54, 1.807) is 6.20 Å². The Bertz CT molecular complexity index is 436. The van der Waals surface area contributed by atoms with Gasteiger partial charge in [0.2, 0.25) is 0 Å². The summed E-state index contributed by atoms with van der Waals surface area (Å²) >= 11 is 0. The number of carbonyl (C=O) groups is 1. The number of nitrogens with one attached hydrogen (secondary N) is 1. The molecule has 1 aromatic heterocycles. The van der Waals surface area contributed by atoms with E-state index in [1.807, 2.05) is 12.3 Å². The van der Waals surface area contributed by atoms with Crippen molar-refractivity contribution in [2.24, 2.45) is 0 Å². The number of hydrogen-bond acceptors (Lipinski definition) is 3. The molecule has 2 rings (SSSR count). The summed E-state index contributed by atoms with van der Waals surface area (Å²) in [6.07, 6.45) is 10.9. The number of carboxylic acid groups (broad SMARTS) is 1. The van der Waals surface area contributed by atoms with Crippen molar-refractivity contribution in [3.8, 4) is 0 Å². The van der Waals surface area contributed by atoms with Gasteiger partial charge in [-0.25, -0.2) is 0 Å². The number of pyridine rings is 1. The summed E-state index contributed by atoms with van der Waals surface area (Å²) in [4.78, 5) is 15.6. The van der Waals surface area contributed by atoms with Gasteiger partial charge >= 0.3 is 5.97 Å². The van der Waals surface area contributed by atoms with Crippen molar-refractivity contribution < 1.29 is 9.90 Å². The highest BCUT2D eigenvalue weighted by Crippen LogP contribution is 2.32. The quantitative estimate of drug-likeness (QED) is 0.808. The smallest absolute Gasteiger partial charge is 0.320 e. The van der Waals surface area contributed by atoms with Crippen molar-refractivity contribution in [1.29, 1.82) is 0 Å². The second-order valence-electron chi connectivity index (χ2n) is 6.05. The van der Waals surface area contributed by atoms with E-state index in [0.29, 0.717) is 12.0 Å². The molecule has 1 fully saturated rings. The molecule has 4 heteroatoms. The molecule has 1 aliphatic rings. The summed E-state index contributed by atoms with van der Waals surface area (Å²) in [6, 6.07) is 4.02. The lowest BCUT2D eigenvalue weighted by molar-refractivity contribution is -0.140. The second-order valence-corrected chi connectivity index (χ2v) is 6.05. The van der Waals surface area contributed by atoms with Gasteiger partial charge in [-0.2, -0.15) is 0 Å². The van der Waals surface area contributed by atoms with Crippen molar-refractivity contribution in [2.75, 3.05) is 0 Å². The van der Waals surface area contributed by atoms with E-state index in [1.165, 1.54) is 12.0 Å².